The molecule has 2 rings (SSSR count). The van der Waals surface area contributed by atoms with Crippen LogP contribution in [0.15, 0.2) is 29.3 Å². The highest BCUT2D eigenvalue weighted by Gasteiger charge is 2.18. The Morgan fingerprint density at radius 3 is 2.14 bits per heavy atom. The van der Waals surface area contributed by atoms with Gasteiger partial charge in [-0.1, -0.05) is 6.92 Å². The van der Waals surface area contributed by atoms with E-state index in [9.17, 15) is 9.59 Å². The van der Waals surface area contributed by atoms with Gasteiger partial charge in [-0.2, -0.15) is 0 Å². The molecule has 0 bridgehead atoms. The number of aromatic nitrogens is 2. The van der Waals surface area contributed by atoms with Crippen molar-refractivity contribution in [2.24, 2.45) is 0 Å². The van der Waals surface area contributed by atoms with Crippen molar-refractivity contribution in [2.45, 2.75) is 40.7 Å². The number of aryl methyl sites for hydroxylation is 1. The maximum atomic E-state index is 12.6. The Morgan fingerprint density at radius 1 is 1.00 bits per heavy atom. The van der Waals surface area contributed by atoms with Gasteiger partial charge in [-0.3, -0.25) is 14.2 Å². The summed E-state index contributed by atoms with van der Waals surface area (Å²) < 4.78 is 18.4. The lowest BCUT2D eigenvalue weighted by molar-refractivity contribution is 0.0951. The summed E-state index contributed by atoms with van der Waals surface area (Å²) in [6.45, 7) is 9.46. The van der Waals surface area contributed by atoms with Crippen LogP contribution in [0.2, 0.25) is 0 Å². The van der Waals surface area contributed by atoms with Crippen molar-refractivity contribution < 1.29 is 19.0 Å². The number of carbonyl (C=O) groups excluding carboxylic acids is 1. The lowest BCUT2D eigenvalue weighted by Crippen LogP contribution is -2.31. The second-order valence-electron chi connectivity index (χ2n) is 6.12. The molecule has 0 aliphatic rings. The highest BCUT2D eigenvalue weighted by Crippen LogP contribution is 2.39. The van der Waals surface area contributed by atoms with E-state index in [1.54, 1.807) is 12.1 Å². The minimum atomic E-state index is -0.291. The summed E-state index contributed by atoms with van der Waals surface area (Å²) in [7, 11) is 0. The highest BCUT2D eigenvalue weighted by molar-refractivity contribution is 5.95. The van der Waals surface area contributed by atoms with Gasteiger partial charge in [-0.25, -0.2) is 4.98 Å². The van der Waals surface area contributed by atoms with Crippen LogP contribution in [0, 0.1) is 0 Å². The van der Waals surface area contributed by atoms with Gasteiger partial charge in [-0.05, 0) is 39.3 Å². The Balaban J connectivity index is 2.13. The van der Waals surface area contributed by atoms with E-state index in [1.807, 2.05) is 27.7 Å². The molecule has 29 heavy (non-hydrogen) atoms. The van der Waals surface area contributed by atoms with E-state index in [2.05, 4.69) is 10.3 Å². The summed E-state index contributed by atoms with van der Waals surface area (Å²) >= 11 is 0. The van der Waals surface area contributed by atoms with E-state index in [0.29, 0.717) is 55.6 Å². The molecule has 0 atom stereocenters. The monoisotopic (exact) mass is 403 g/mol. The first-order valence-corrected chi connectivity index (χ1v) is 9.93. The topological polar surface area (TPSA) is 91.7 Å². The molecule has 1 aromatic heterocycles. The molecule has 0 saturated carbocycles. The summed E-state index contributed by atoms with van der Waals surface area (Å²) in [4.78, 5) is 28.9. The van der Waals surface area contributed by atoms with Gasteiger partial charge in [0.25, 0.3) is 11.5 Å². The van der Waals surface area contributed by atoms with E-state index in [1.165, 1.54) is 17.0 Å². The second kappa shape index (κ2) is 11.1. The number of ether oxygens (including phenoxy) is 3. The molecular weight excluding hydrogens is 374 g/mol. The van der Waals surface area contributed by atoms with Crippen LogP contribution < -0.4 is 25.1 Å². The molecule has 0 spiro atoms. The fourth-order valence-electron chi connectivity index (χ4n) is 2.74. The lowest BCUT2D eigenvalue weighted by atomic mass is 10.1. The van der Waals surface area contributed by atoms with Crippen LogP contribution >= 0.6 is 0 Å². The molecule has 1 heterocycles. The van der Waals surface area contributed by atoms with Crippen molar-refractivity contribution >= 4 is 5.91 Å². The molecule has 0 radical (unpaired) electrons. The maximum Gasteiger partial charge on any atom is 0.253 e. The maximum absolute atomic E-state index is 12.6. The number of rotatable bonds is 11. The number of hydrogen-bond acceptors (Lipinski definition) is 6. The summed E-state index contributed by atoms with van der Waals surface area (Å²) in [6.07, 6.45) is 2.21. The van der Waals surface area contributed by atoms with Crippen LogP contribution in [0.3, 0.4) is 0 Å². The third kappa shape index (κ3) is 5.97. The largest absolute Gasteiger partial charge is 0.490 e. The van der Waals surface area contributed by atoms with Gasteiger partial charge in [0.2, 0.25) is 5.75 Å². The van der Waals surface area contributed by atoms with E-state index in [4.69, 9.17) is 14.2 Å². The molecule has 8 nitrogen and oxygen atoms in total. The summed E-state index contributed by atoms with van der Waals surface area (Å²) in [5.74, 6) is 1.12. The fraction of sp³-hybridized carbons (Fsp3) is 0.476. The van der Waals surface area contributed by atoms with E-state index < -0.39 is 0 Å². The average molecular weight is 403 g/mol. The Hall–Kier alpha value is -3.03. The van der Waals surface area contributed by atoms with Crippen molar-refractivity contribution in [1.29, 1.82) is 0 Å². The van der Waals surface area contributed by atoms with Crippen LogP contribution in [0.4, 0.5) is 0 Å². The van der Waals surface area contributed by atoms with Gasteiger partial charge in [0.15, 0.2) is 11.5 Å². The third-order valence-corrected chi connectivity index (χ3v) is 4.11. The van der Waals surface area contributed by atoms with Gasteiger partial charge < -0.3 is 19.5 Å². The lowest BCUT2D eigenvalue weighted by Gasteiger charge is -2.17. The van der Waals surface area contributed by atoms with E-state index in [0.717, 1.165) is 5.69 Å². The minimum absolute atomic E-state index is 0.135. The van der Waals surface area contributed by atoms with Crippen molar-refractivity contribution in [3.8, 4) is 17.2 Å². The minimum Gasteiger partial charge on any atom is -0.490 e. The van der Waals surface area contributed by atoms with E-state index >= 15 is 0 Å². The van der Waals surface area contributed by atoms with Gasteiger partial charge in [0, 0.05) is 30.4 Å². The Labute approximate surface area is 170 Å². The quantitative estimate of drug-likeness (QED) is 0.620. The molecule has 2 aromatic rings. The van der Waals surface area contributed by atoms with Crippen molar-refractivity contribution in [3.63, 3.8) is 0 Å². The molecule has 1 amide bonds. The average Bonchev–Trinajstić information content (AvgIpc) is 2.71. The van der Waals surface area contributed by atoms with Crippen LogP contribution in [-0.2, 0) is 13.0 Å². The molecule has 0 fully saturated rings. The number of nitrogens with zero attached hydrogens (tertiary/aromatic N) is 2. The van der Waals surface area contributed by atoms with Crippen molar-refractivity contribution in [3.05, 3.63) is 46.1 Å². The van der Waals surface area contributed by atoms with Crippen LogP contribution in [0.25, 0.3) is 0 Å². The standard InChI is InChI=1S/C21H29N3O5/c1-5-16-13-19(25)24(14-23-16)10-9-22-21(26)15-11-17(27-6-2)20(29-8-4)18(12-15)28-7-3/h11-14H,5-10H2,1-4H3,(H,22,26). The van der Waals surface area contributed by atoms with E-state index in [-0.39, 0.29) is 18.0 Å². The Kier molecular flexibility index (Phi) is 8.51. The van der Waals surface area contributed by atoms with Gasteiger partial charge in [0.1, 0.15) is 0 Å². The summed E-state index contributed by atoms with van der Waals surface area (Å²) in [6, 6.07) is 4.78. The summed E-state index contributed by atoms with van der Waals surface area (Å²) in [5.41, 5.74) is 1.01. The molecule has 1 N–H and O–H groups in total. The Morgan fingerprint density at radius 2 is 1.62 bits per heavy atom. The zero-order chi connectivity index (χ0) is 21.2. The summed E-state index contributed by atoms with van der Waals surface area (Å²) in [5, 5.41) is 2.82. The number of nitrogens with one attached hydrogen (secondary N) is 1. The zero-order valence-corrected chi connectivity index (χ0v) is 17.5. The first-order chi connectivity index (χ1) is 14.0. The zero-order valence-electron chi connectivity index (χ0n) is 17.5. The SMILES string of the molecule is CCOc1cc(C(=O)NCCn2cnc(CC)cc2=O)cc(OCC)c1OCC. The molecule has 1 aromatic carbocycles. The number of benzene rings is 1. The molecule has 0 aliphatic heterocycles. The van der Waals surface area contributed by atoms with Crippen LogP contribution in [0.1, 0.15) is 43.7 Å². The van der Waals surface area contributed by atoms with Gasteiger partial charge in [0.05, 0.1) is 26.1 Å². The predicted octanol–water partition coefficient (Wildman–Crippen LogP) is 2.43. The first-order valence-electron chi connectivity index (χ1n) is 9.93. The van der Waals surface area contributed by atoms with Crippen LogP contribution in [-0.4, -0.2) is 41.8 Å². The molecule has 8 heteroatoms. The van der Waals surface area contributed by atoms with Gasteiger partial charge in [-0.15, -0.1) is 0 Å². The van der Waals surface area contributed by atoms with Gasteiger partial charge >= 0.3 is 0 Å². The number of hydrogen-bond donors (Lipinski definition) is 1. The van der Waals surface area contributed by atoms with Crippen molar-refractivity contribution in [1.82, 2.24) is 14.9 Å². The smallest absolute Gasteiger partial charge is 0.253 e. The normalized spacial score (nSPS) is 10.5. The molecule has 0 saturated heterocycles. The van der Waals surface area contributed by atoms with Crippen LogP contribution in [0.5, 0.6) is 17.2 Å². The second-order valence-corrected chi connectivity index (χ2v) is 6.12. The number of carbonyl (C=O) groups is 1. The number of amides is 1. The fourth-order valence-corrected chi connectivity index (χ4v) is 2.74. The third-order valence-electron chi connectivity index (χ3n) is 4.11. The molecule has 0 unspecified atom stereocenters. The Bertz CT molecular complexity index is 852. The van der Waals surface area contributed by atoms with Crippen molar-refractivity contribution in [2.75, 3.05) is 26.4 Å². The molecular formula is C21H29N3O5. The highest BCUT2D eigenvalue weighted by atomic mass is 16.5. The molecule has 158 valence electrons. The predicted molar refractivity (Wildman–Crippen MR) is 110 cm³/mol. The molecule has 0 aliphatic carbocycles. The first kappa shape index (κ1) is 22.3.